The smallest absolute Gasteiger partial charge is 0.119 e. The van der Waals surface area contributed by atoms with Gasteiger partial charge in [-0.05, 0) is 61.9 Å². The molecular formula is C22H23O2P. The lowest BCUT2D eigenvalue weighted by Gasteiger charge is -2.20. The first-order valence-corrected chi connectivity index (χ1v) is 9.97. The van der Waals surface area contributed by atoms with Gasteiger partial charge in [0.15, 0.2) is 0 Å². The quantitative estimate of drug-likeness (QED) is 0.593. The molecule has 0 saturated carbocycles. The molecule has 3 rings (SSSR count). The summed E-state index contributed by atoms with van der Waals surface area (Å²) in [6, 6.07) is 27.7. The van der Waals surface area contributed by atoms with Crippen molar-refractivity contribution >= 4 is 23.8 Å². The van der Waals surface area contributed by atoms with Crippen LogP contribution in [0.25, 0.3) is 0 Å². The van der Waals surface area contributed by atoms with Crippen LogP contribution >= 0.6 is 7.92 Å². The van der Waals surface area contributed by atoms with Gasteiger partial charge in [-0.25, -0.2) is 0 Å². The number of rotatable bonds is 7. The summed E-state index contributed by atoms with van der Waals surface area (Å²) in [5.41, 5.74) is 0. The fourth-order valence-corrected chi connectivity index (χ4v) is 5.00. The second-order valence-corrected chi connectivity index (χ2v) is 7.74. The molecule has 2 nitrogen and oxygen atoms in total. The van der Waals surface area contributed by atoms with Crippen LogP contribution in [-0.4, -0.2) is 13.2 Å². The maximum absolute atomic E-state index is 5.59. The van der Waals surface area contributed by atoms with E-state index in [0.717, 1.165) is 11.5 Å². The Kier molecular flexibility index (Phi) is 6.09. The molecule has 3 aromatic carbocycles. The summed E-state index contributed by atoms with van der Waals surface area (Å²) in [6.45, 7) is 5.38. The SMILES string of the molecule is CCOc1ccc(P(c2ccccc2)c2ccc(OCC)cc2)cc1. The molecule has 0 fully saturated rings. The first kappa shape index (κ1) is 17.5. The van der Waals surface area contributed by atoms with Crippen LogP contribution in [0.2, 0.25) is 0 Å². The number of hydrogen-bond donors (Lipinski definition) is 0. The van der Waals surface area contributed by atoms with Crippen LogP contribution in [0, 0.1) is 0 Å². The lowest BCUT2D eigenvalue weighted by Crippen LogP contribution is -2.20. The molecule has 128 valence electrons. The average Bonchev–Trinajstić information content (AvgIpc) is 2.66. The van der Waals surface area contributed by atoms with Crippen molar-refractivity contribution in [1.29, 1.82) is 0 Å². The minimum absolute atomic E-state index is 0.600. The normalized spacial score (nSPS) is 10.7. The highest BCUT2D eigenvalue weighted by Crippen LogP contribution is 2.33. The minimum Gasteiger partial charge on any atom is -0.494 e. The summed E-state index contributed by atoms with van der Waals surface area (Å²) in [5.74, 6) is 1.84. The molecule has 0 atom stereocenters. The van der Waals surface area contributed by atoms with E-state index in [1.807, 2.05) is 13.8 Å². The molecule has 3 aromatic rings. The Morgan fingerprint density at radius 3 is 1.36 bits per heavy atom. The van der Waals surface area contributed by atoms with Gasteiger partial charge in [0, 0.05) is 0 Å². The molecule has 0 saturated heterocycles. The van der Waals surface area contributed by atoms with Crippen LogP contribution in [0.5, 0.6) is 11.5 Å². The van der Waals surface area contributed by atoms with E-state index in [0.29, 0.717) is 13.2 Å². The Hall–Kier alpha value is -2.31. The van der Waals surface area contributed by atoms with E-state index in [1.54, 1.807) is 0 Å². The van der Waals surface area contributed by atoms with Crippen LogP contribution in [0.3, 0.4) is 0 Å². The first-order chi connectivity index (χ1) is 12.3. The van der Waals surface area contributed by atoms with Crippen LogP contribution in [0.15, 0.2) is 78.9 Å². The summed E-state index contributed by atoms with van der Waals surface area (Å²) >= 11 is 0. The molecule has 3 heteroatoms. The summed E-state index contributed by atoms with van der Waals surface area (Å²) in [4.78, 5) is 0. The highest BCUT2D eigenvalue weighted by atomic mass is 31.1. The lowest BCUT2D eigenvalue weighted by atomic mass is 10.3. The van der Waals surface area contributed by atoms with E-state index in [4.69, 9.17) is 9.47 Å². The van der Waals surface area contributed by atoms with Gasteiger partial charge in [0.1, 0.15) is 11.5 Å². The molecule has 0 aliphatic carbocycles. The first-order valence-electron chi connectivity index (χ1n) is 8.62. The Bertz CT molecular complexity index is 718. The average molecular weight is 350 g/mol. The fraction of sp³-hybridized carbons (Fsp3) is 0.182. The summed E-state index contributed by atoms with van der Waals surface area (Å²) in [7, 11) is -0.600. The second-order valence-electron chi connectivity index (χ2n) is 5.52. The van der Waals surface area contributed by atoms with Crippen molar-refractivity contribution in [3.8, 4) is 11.5 Å². The van der Waals surface area contributed by atoms with Crippen molar-refractivity contribution in [2.45, 2.75) is 13.8 Å². The van der Waals surface area contributed by atoms with Crippen molar-refractivity contribution in [2.75, 3.05) is 13.2 Å². The van der Waals surface area contributed by atoms with E-state index >= 15 is 0 Å². The zero-order valence-corrected chi connectivity index (χ0v) is 15.6. The summed E-state index contributed by atoms with van der Waals surface area (Å²) < 4.78 is 11.2. The molecular weight excluding hydrogens is 327 g/mol. The molecule has 0 heterocycles. The van der Waals surface area contributed by atoms with E-state index in [9.17, 15) is 0 Å². The third-order valence-electron chi connectivity index (χ3n) is 3.83. The molecule has 0 N–H and O–H groups in total. The van der Waals surface area contributed by atoms with Gasteiger partial charge in [-0.2, -0.15) is 0 Å². The predicted octanol–water partition coefficient (Wildman–Crippen LogP) is 4.24. The monoisotopic (exact) mass is 350 g/mol. The largest absolute Gasteiger partial charge is 0.494 e. The van der Waals surface area contributed by atoms with E-state index in [-0.39, 0.29) is 0 Å². The molecule has 25 heavy (non-hydrogen) atoms. The van der Waals surface area contributed by atoms with Crippen LogP contribution in [0.4, 0.5) is 0 Å². The third kappa shape index (κ3) is 4.41. The molecule has 0 aliphatic rings. The van der Waals surface area contributed by atoms with E-state index in [2.05, 4.69) is 78.9 Å². The highest BCUT2D eigenvalue weighted by molar-refractivity contribution is 7.79. The Morgan fingerprint density at radius 1 is 0.560 bits per heavy atom. The fourth-order valence-electron chi connectivity index (χ4n) is 2.74. The van der Waals surface area contributed by atoms with E-state index in [1.165, 1.54) is 15.9 Å². The van der Waals surface area contributed by atoms with E-state index < -0.39 is 7.92 Å². The van der Waals surface area contributed by atoms with Gasteiger partial charge in [0.2, 0.25) is 0 Å². The third-order valence-corrected chi connectivity index (χ3v) is 6.27. The van der Waals surface area contributed by atoms with Crippen molar-refractivity contribution in [1.82, 2.24) is 0 Å². The molecule has 0 aliphatic heterocycles. The van der Waals surface area contributed by atoms with Crippen molar-refractivity contribution < 1.29 is 9.47 Å². The molecule has 0 bridgehead atoms. The summed E-state index contributed by atoms with van der Waals surface area (Å²) in [6.07, 6.45) is 0. The number of hydrogen-bond acceptors (Lipinski definition) is 2. The Labute approximate surface area is 151 Å². The maximum Gasteiger partial charge on any atom is 0.119 e. The summed E-state index contributed by atoms with van der Waals surface area (Å²) in [5, 5.41) is 3.97. The maximum atomic E-state index is 5.59. The topological polar surface area (TPSA) is 18.5 Å². The molecule has 0 aromatic heterocycles. The molecule has 0 radical (unpaired) electrons. The van der Waals surface area contributed by atoms with Gasteiger partial charge >= 0.3 is 0 Å². The van der Waals surface area contributed by atoms with Gasteiger partial charge < -0.3 is 9.47 Å². The Morgan fingerprint density at radius 2 is 0.960 bits per heavy atom. The zero-order chi connectivity index (χ0) is 17.5. The van der Waals surface area contributed by atoms with Crippen LogP contribution in [-0.2, 0) is 0 Å². The van der Waals surface area contributed by atoms with Gasteiger partial charge in [-0.15, -0.1) is 0 Å². The van der Waals surface area contributed by atoms with Crippen molar-refractivity contribution in [2.24, 2.45) is 0 Å². The number of benzene rings is 3. The standard InChI is InChI=1S/C22H23O2P/c1-3-23-18-10-14-21(15-11-18)25(20-8-6-5-7-9-20)22-16-12-19(13-17-22)24-4-2/h5-17H,3-4H2,1-2H3. The lowest BCUT2D eigenvalue weighted by molar-refractivity contribution is 0.340. The van der Waals surface area contributed by atoms with Gasteiger partial charge in [-0.3, -0.25) is 0 Å². The van der Waals surface area contributed by atoms with Crippen LogP contribution < -0.4 is 25.4 Å². The van der Waals surface area contributed by atoms with Crippen LogP contribution in [0.1, 0.15) is 13.8 Å². The Balaban J connectivity index is 1.98. The molecule has 0 spiro atoms. The van der Waals surface area contributed by atoms with Crippen molar-refractivity contribution in [3.05, 3.63) is 78.9 Å². The van der Waals surface area contributed by atoms with Gasteiger partial charge in [0.05, 0.1) is 13.2 Å². The van der Waals surface area contributed by atoms with Crippen molar-refractivity contribution in [3.63, 3.8) is 0 Å². The second kappa shape index (κ2) is 8.69. The molecule has 0 amide bonds. The molecule has 0 unspecified atom stereocenters. The van der Waals surface area contributed by atoms with Gasteiger partial charge in [0.25, 0.3) is 0 Å². The minimum atomic E-state index is -0.600. The number of ether oxygens (including phenoxy) is 2. The predicted molar refractivity (Wildman–Crippen MR) is 107 cm³/mol. The van der Waals surface area contributed by atoms with Gasteiger partial charge in [-0.1, -0.05) is 54.6 Å². The highest BCUT2D eigenvalue weighted by Gasteiger charge is 2.16. The zero-order valence-electron chi connectivity index (χ0n) is 14.7.